The Morgan fingerprint density at radius 2 is 1.92 bits per heavy atom. The molecule has 0 saturated heterocycles. The van der Waals surface area contributed by atoms with Crippen molar-refractivity contribution in [3.8, 4) is 0 Å². The zero-order valence-corrected chi connectivity index (χ0v) is 13.6. The number of carbonyl (C=O) groups excluding carboxylic acids is 1. The van der Waals surface area contributed by atoms with E-state index in [9.17, 15) is 9.59 Å². The smallest absolute Gasteiger partial charge is 0.303 e. The summed E-state index contributed by atoms with van der Waals surface area (Å²) in [5.74, 6) is -0.906. The maximum atomic E-state index is 12.5. The van der Waals surface area contributed by atoms with Crippen LogP contribution in [-0.4, -0.2) is 23.0 Å². The molecule has 124 valence electrons. The second kappa shape index (κ2) is 6.35. The van der Waals surface area contributed by atoms with E-state index in [1.54, 1.807) is 6.92 Å². The zero-order valence-electron chi connectivity index (χ0n) is 13.6. The van der Waals surface area contributed by atoms with Gasteiger partial charge in [0.05, 0.1) is 0 Å². The van der Waals surface area contributed by atoms with Crippen LogP contribution in [0.25, 0.3) is 21.7 Å². The number of aliphatic carboxylic acids is 1. The van der Waals surface area contributed by atoms with Gasteiger partial charge in [-0.1, -0.05) is 36.4 Å². The standard InChI is InChI=1S/C19H19NO4/c1-11(7-10-16(21)22)20-19(23)17-12(2)14-9-8-13-5-3-4-6-15(13)18(14)24-17/h3-6,8-9,11H,7,10H2,1-2H3,(H,20,23)(H,21,22). The van der Waals surface area contributed by atoms with Crippen LogP contribution in [0.1, 0.15) is 35.9 Å². The van der Waals surface area contributed by atoms with E-state index >= 15 is 0 Å². The highest BCUT2D eigenvalue weighted by Gasteiger charge is 2.20. The molecule has 2 aromatic carbocycles. The van der Waals surface area contributed by atoms with Gasteiger partial charge in [0.1, 0.15) is 5.58 Å². The van der Waals surface area contributed by atoms with Crippen LogP contribution < -0.4 is 5.32 Å². The van der Waals surface area contributed by atoms with E-state index in [4.69, 9.17) is 9.52 Å². The lowest BCUT2D eigenvalue weighted by Gasteiger charge is -2.11. The molecule has 1 aromatic heterocycles. The Hall–Kier alpha value is -2.82. The number of hydrogen-bond acceptors (Lipinski definition) is 3. The molecule has 0 bridgehead atoms. The fourth-order valence-corrected chi connectivity index (χ4v) is 2.87. The predicted molar refractivity (Wildman–Crippen MR) is 92.3 cm³/mol. The van der Waals surface area contributed by atoms with E-state index < -0.39 is 5.97 Å². The number of benzene rings is 2. The van der Waals surface area contributed by atoms with Gasteiger partial charge in [-0.3, -0.25) is 9.59 Å². The Bertz CT molecular complexity index is 926. The molecule has 3 rings (SSSR count). The van der Waals surface area contributed by atoms with Crippen molar-refractivity contribution < 1.29 is 19.1 Å². The van der Waals surface area contributed by atoms with Crippen molar-refractivity contribution in [2.24, 2.45) is 0 Å². The van der Waals surface area contributed by atoms with Gasteiger partial charge in [-0.15, -0.1) is 0 Å². The molecule has 3 aromatic rings. The molecule has 1 atom stereocenters. The minimum Gasteiger partial charge on any atom is -0.481 e. The van der Waals surface area contributed by atoms with E-state index in [0.717, 1.165) is 21.7 Å². The number of rotatable bonds is 5. The summed E-state index contributed by atoms with van der Waals surface area (Å²) in [5.41, 5.74) is 1.49. The highest BCUT2D eigenvalue weighted by Crippen LogP contribution is 2.31. The molecule has 0 spiro atoms. The number of fused-ring (bicyclic) bond motifs is 3. The van der Waals surface area contributed by atoms with Gasteiger partial charge in [0.15, 0.2) is 5.76 Å². The molecule has 0 radical (unpaired) electrons. The van der Waals surface area contributed by atoms with Crippen molar-refractivity contribution in [3.63, 3.8) is 0 Å². The number of carboxylic acid groups (broad SMARTS) is 1. The van der Waals surface area contributed by atoms with Crippen LogP contribution >= 0.6 is 0 Å². The average molecular weight is 325 g/mol. The highest BCUT2D eigenvalue weighted by molar-refractivity contribution is 6.08. The Kier molecular flexibility index (Phi) is 4.25. The van der Waals surface area contributed by atoms with Crippen LogP contribution in [0, 0.1) is 6.92 Å². The molecule has 0 fully saturated rings. The first-order chi connectivity index (χ1) is 11.5. The van der Waals surface area contributed by atoms with E-state index in [-0.39, 0.29) is 24.1 Å². The van der Waals surface area contributed by atoms with E-state index in [1.807, 2.05) is 43.3 Å². The van der Waals surface area contributed by atoms with Crippen LogP contribution in [0.5, 0.6) is 0 Å². The van der Waals surface area contributed by atoms with Crippen molar-refractivity contribution in [3.05, 3.63) is 47.7 Å². The minimum atomic E-state index is -0.873. The van der Waals surface area contributed by atoms with Gasteiger partial charge < -0.3 is 14.8 Å². The summed E-state index contributed by atoms with van der Waals surface area (Å²) in [6, 6.07) is 11.6. The van der Waals surface area contributed by atoms with Gasteiger partial charge in [-0.2, -0.15) is 0 Å². The summed E-state index contributed by atoms with van der Waals surface area (Å²) < 4.78 is 5.87. The van der Waals surface area contributed by atoms with Crippen LogP contribution in [0.15, 0.2) is 40.8 Å². The molecular weight excluding hydrogens is 306 g/mol. The Balaban J connectivity index is 1.92. The number of carbonyl (C=O) groups is 2. The summed E-state index contributed by atoms with van der Waals surface area (Å²) in [6.07, 6.45) is 0.397. The topological polar surface area (TPSA) is 79.5 Å². The van der Waals surface area contributed by atoms with Crippen LogP contribution in [0.3, 0.4) is 0 Å². The fraction of sp³-hybridized carbons (Fsp3) is 0.263. The van der Waals surface area contributed by atoms with Gasteiger partial charge in [-0.05, 0) is 25.7 Å². The first kappa shape index (κ1) is 16.1. The molecule has 5 nitrogen and oxygen atoms in total. The van der Waals surface area contributed by atoms with Crippen LogP contribution in [0.2, 0.25) is 0 Å². The number of hydrogen-bond donors (Lipinski definition) is 2. The Labute approximate surface area is 139 Å². The van der Waals surface area contributed by atoms with E-state index in [2.05, 4.69) is 5.32 Å². The second-order valence-electron chi connectivity index (χ2n) is 6.03. The third-order valence-electron chi connectivity index (χ3n) is 4.20. The predicted octanol–water partition coefficient (Wildman–Crippen LogP) is 3.88. The average Bonchev–Trinajstić information content (AvgIpc) is 2.90. The molecule has 5 heteroatoms. The summed E-state index contributed by atoms with van der Waals surface area (Å²) in [6.45, 7) is 3.64. The van der Waals surface area contributed by atoms with Gasteiger partial charge in [0.25, 0.3) is 5.91 Å². The molecule has 0 aliphatic rings. The van der Waals surface area contributed by atoms with Gasteiger partial charge >= 0.3 is 5.97 Å². The summed E-state index contributed by atoms with van der Waals surface area (Å²) in [7, 11) is 0. The third-order valence-corrected chi connectivity index (χ3v) is 4.20. The molecule has 1 heterocycles. The van der Waals surface area contributed by atoms with Gasteiger partial charge in [0, 0.05) is 28.8 Å². The molecular formula is C19H19NO4. The highest BCUT2D eigenvalue weighted by atomic mass is 16.4. The minimum absolute atomic E-state index is 0.0190. The lowest BCUT2D eigenvalue weighted by molar-refractivity contribution is -0.137. The van der Waals surface area contributed by atoms with Crippen molar-refractivity contribution in [2.45, 2.75) is 32.7 Å². The molecule has 1 amide bonds. The Morgan fingerprint density at radius 1 is 1.17 bits per heavy atom. The fourth-order valence-electron chi connectivity index (χ4n) is 2.87. The Morgan fingerprint density at radius 3 is 2.67 bits per heavy atom. The molecule has 2 N–H and O–H groups in total. The van der Waals surface area contributed by atoms with E-state index in [0.29, 0.717) is 12.0 Å². The second-order valence-corrected chi connectivity index (χ2v) is 6.03. The third kappa shape index (κ3) is 2.97. The van der Waals surface area contributed by atoms with Gasteiger partial charge in [-0.25, -0.2) is 0 Å². The lowest BCUT2D eigenvalue weighted by Crippen LogP contribution is -2.33. The number of nitrogens with one attached hydrogen (secondary N) is 1. The van der Waals surface area contributed by atoms with Crippen molar-refractivity contribution >= 4 is 33.6 Å². The maximum absolute atomic E-state index is 12.5. The molecule has 1 unspecified atom stereocenters. The largest absolute Gasteiger partial charge is 0.481 e. The quantitative estimate of drug-likeness (QED) is 0.746. The summed E-state index contributed by atoms with van der Waals surface area (Å²) >= 11 is 0. The molecule has 24 heavy (non-hydrogen) atoms. The molecule has 0 aliphatic heterocycles. The van der Waals surface area contributed by atoms with Crippen LogP contribution in [0.4, 0.5) is 0 Å². The van der Waals surface area contributed by atoms with Gasteiger partial charge in [0.2, 0.25) is 0 Å². The van der Waals surface area contributed by atoms with Crippen molar-refractivity contribution in [2.75, 3.05) is 0 Å². The molecule has 0 saturated carbocycles. The zero-order chi connectivity index (χ0) is 17.3. The van der Waals surface area contributed by atoms with Crippen molar-refractivity contribution in [1.29, 1.82) is 0 Å². The molecule has 0 aliphatic carbocycles. The number of amides is 1. The monoisotopic (exact) mass is 325 g/mol. The maximum Gasteiger partial charge on any atom is 0.303 e. The number of furan rings is 1. The summed E-state index contributed by atoms with van der Waals surface area (Å²) in [4.78, 5) is 23.1. The first-order valence-corrected chi connectivity index (χ1v) is 7.91. The normalized spacial score (nSPS) is 12.4. The number of carboxylic acids is 1. The SMILES string of the molecule is Cc1c(C(=O)NC(C)CCC(=O)O)oc2c1ccc1ccccc12. The van der Waals surface area contributed by atoms with Crippen molar-refractivity contribution in [1.82, 2.24) is 5.32 Å². The summed E-state index contributed by atoms with van der Waals surface area (Å²) in [5, 5.41) is 14.5. The first-order valence-electron chi connectivity index (χ1n) is 7.91. The number of aryl methyl sites for hydroxylation is 1. The lowest BCUT2D eigenvalue weighted by atomic mass is 10.1. The van der Waals surface area contributed by atoms with E-state index in [1.165, 1.54) is 0 Å². The van der Waals surface area contributed by atoms with Crippen LogP contribution in [-0.2, 0) is 4.79 Å².